The quantitative estimate of drug-likeness (QED) is 0.759. The summed E-state index contributed by atoms with van der Waals surface area (Å²) in [6.07, 6.45) is -4.08. The Kier molecular flexibility index (Phi) is 4.08. The minimum Gasteiger partial charge on any atom is -0.339 e. The summed E-state index contributed by atoms with van der Waals surface area (Å²) in [5.41, 5.74) is -2.32. The lowest BCUT2D eigenvalue weighted by molar-refractivity contribution is -0.140. The molecule has 0 spiro atoms. The second kappa shape index (κ2) is 5.64. The summed E-state index contributed by atoms with van der Waals surface area (Å²) in [6, 6.07) is 1.60. The number of halogens is 4. The highest BCUT2D eigenvalue weighted by Crippen LogP contribution is 2.51. The topological polar surface area (TPSA) is 92.5 Å². The van der Waals surface area contributed by atoms with Gasteiger partial charge in [-0.1, -0.05) is 0 Å². The van der Waals surface area contributed by atoms with Gasteiger partial charge in [0.1, 0.15) is 5.82 Å². The number of nitrogens with two attached hydrogens (primary N) is 1. The van der Waals surface area contributed by atoms with Gasteiger partial charge in [0.25, 0.3) is 10.2 Å². The van der Waals surface area contributed by atoms with Gasteiger partial charge in [0.2, 0.25) is 5.91 Å². The molecule has 2 aliphatic rings. The van der Waals surface area contributed by atoms with Crippen LogP contribution in [0.2, 0.25) is 0 Å². The van der Waals surface area contributed by atoms with Crippen molar-refractivity contribution in [3.8, 4) is 0 Å². The van der Waals surface area contributed by atoms with Crippen LogP contribution in [0.1, 0.15) is 24.0 Å². The van der Waals surface area contributed by atoms with Crippen molar-refractivity contribution in [2.75, 3.05) is 13.1 Å². The van der Waals surface area contributed by atoms with Crippen LogP contribution in [-0.2, 0) is 26.6 Å². The standard InChI is InChI=1S/C14H15F4N3O3S/c15-10-4-8(3-9(5-10)14(16,17)18)13(1-2-13)12(22)21-6-11(7-21)20-25(19,23)24/h3-5,11,20H,1-2,6-7H2,(H2,19,23,24). The molecule has 1 heterocycles. The van der Waals surface area contributed by atoms with Crippen LogP contribution < -0.4 is 9.86 Å². The molecule has 25 heavy (non-hydrogen) atoms. The monoisotopic (exact) mass is 381 g/mol. The molecule has 1 saturated heterocycles. The van der Waals surface area contributed by atoms with Crippen molar-refractivity contribution >= 4 is 16.1 Å². The molecule has 1 aliphatic heterocycles. The van der Waals surface area contributed by atoms with Crippen molar-refractivity contribution in [2.24, 2.45) is 5.14 Å². The van der Waals surface area contributed by atoms with Crippen LogP contribution in [0.3, 0.4) is 0 Å². The van der Waals surface area contributed by atoms with Crippen molar-refractivity contribution < 1.29 is 30.8 Å². The molecule has 1 amide bonds. The minimum atomic E-state index is -4.71. The van der Waals surface area contributed by atoms with Gasteiger partial charge in [-0.2, -0.15) is 26.3 Å². The number of alkyl halides is 3. The van der Waals surface area contributed by atoms with Gasteiger partial charge >= 0.3 is 6.18 Å². The number of carbonyl (C=O) groups is 1. The number of nitrogens with zero attached hydrogens (tertiary/aromatic N) is 1. The molecule has 0 atom stereocenters. The van der Waals surface area contributed by atoms with E-state index in [1.165, 1.54) is 4.90 Å². The van der Waals surface area contributed by atoms with Crippen molar-refractivity contribution in [3.63, 3.8) is 0 Å². The van der Waals surface area contributed by atoms with E-state index < -0.39 is 45.1 Å². The van der Waals surface area contributed by atoms with E-state index in [0.29, 0.717) is 18.9 Å². The molecule has 1 aromatic carbocycles. The van der Waals surface area contributed by atoms with Crippen LogP contribution in [0.15, 0.2) is 18.2 Å². The first-order valence-corrected chi connectivity index (χ1v) is 8.93. The van der Waals surface area contributed by atoms with E-state index in [1.807, 2.05) is 0 Å². The fourth-order valence-electron chi connectivity index (χ4n) is 3.03. The fourth-order valence-corrected chi connectivity index (χ4v) is 3.65. The Hall–Kier alpha value is -1.72. The lowest BCUT2D eigenvalue weighted by Crippen LogP contribution is -2.63. The van der Waals surface area contributed by atoms with Crippen LogP contribution in [-0.4, -0.2) is 38.4 Å². The summed E-state index contributed by atoms with van der Waals surface area (Å²) in [7, 11) is -3.90. The summed E-state index contributed by atoms with van der Waals surface area (Å²) >= 11 is 0. The SMILES string of the molecule is NS(=O)(=O)NC1CN(C(=O)C2(c3cc(F)cc(C(F)(F)F)c3)CC2)C1. The van der Waals surface area contributed by atoms with Crippen LogP contribution in [0.5, 0.6) is 0 Å². The Balaban J connectivity index is 1.77. The maximum absolute atomic E-state index is 13.6. The number of rotatable bonds is 4. The Labute approximate surface area is 141 Å². The number of nitrogens with one attached hydrogen (secondary N) is 1. The molecule has 1 saturated carbocycles. The maximum atomic E-state index is 13.6. The van der Waals surface area contributed by atoms with Gasteiger partial charge in [-0.25, -0.2) is 9.53 Å². The predicted molar refractivity (Wildman–Crippen MR) is 78.9 cm³/mol. The van der Waals surface area contributed by atoms with Crippen molar-refractivity contribution in [2.45, 2.75) is 30.5 Å². The van der Waals surface area contributed by atoms with Crippen molar-refractivity contribution in [1.82, 2.24) is 9.62 Å². The fraction of sp³-hybridized carbons (Fsp3) is 0.500. The molecule has 138 valence electrons. The Morgan fingerprint density at radius 1 is 1.24 bits per heavy atom. The zero-order valence-electron chi connectivity index (χ0n) is 12.8. The molecule has 3 N–H and O–H groups in total. The van der Waals surface area contributed by atoms with E-state index in [2.05, 4.69) is 4.72 Å². The molecule has 0 radical (unpaired) electrons. The second-order valence-corrected chi connectivity index (χ2v) is 7.70. The molecule has 0 aromatic heterocycles. The molecule has 0 bridgehead atoms. The first-order valence-electron chi connectivity index (χ1n) is 7.38. The number of carbonyl (C=O) groups excluding carboxylic acids is 1. The molecule has 2 fully saturated rings. The van der Waals surface area contributed by atoms with Gasteiger partial charge in [0.05, 0.1) is 17.0 Å². The molecule has 1 aromatic rings. The third-order valence-corrected chi connectivity index (χ3v) is 5.10. The smallest absolute Gasteiger partial charge is 0.339 e. The Morgan fingerprint density at radius 3 is 2.32 bits per heavy atom. The molecular formula is C14H15F4N3O3S. The summed E-state index contributed by atoms with van der Waals surface area (Å²) < 4.78 is 76.2. The minimum absolute atomic E-state index is 0.00678. The van der Waals surface area contributed by atoms with Gasteiger partial charge in [0.15, 0.2) is 0 Å². The largest absolute Gasteiger partial charge is 0.416 e. The lowest BCUT2D eigenvalue weighted by atomic mass is 9.91. The van der Waals surface area contributed by atoms with E-state index in [-0.39, 0.29) is 18.7 Å². The Morgan fingerprint density at radius 2 is 1.84 bits per heavy atom. The van der Waals surface area contributed by atoms with E-state index in [0.717, 1.165) is 12.1 Å². The molecule has 1 aliphatic carbocycles. The second-order valence-electron chi connectivity index (χ2n) is 6.38. The van der Waals surface area contributed by atoms with Gasteiger partial charge < -0.3 is 4.90 Å². The average molecular weight is 381 g/mol. The number of hydrogen-bond acceptors (Lipinski definition) is 3. The van der Waals surface area contributed by atoms with Gasteiger partial charge in [0, 0.05) is 13.1 Å². The van der Waals surface area contributed by atoms with Crippen molar-refractivity contribution in [1.29, 1.82) is 0 Å². The molecule has 3 rings (SSSR count). The predicted octanol–water partition coefficient (Wildman–Crippen LogP) is 0.880. The maximum Gasteiger partial charge on any atom is 0.416 e. The number of amides is 1. The third-order valence-electron chi connectivity index (χ3n) is 4.44. The molecular weight excluding hydrogens is 366 g/mol. The highest BCUT2D eigenvalue weighted by molar-refractivity contribution is 7.87. The zero-order chi connectivity index (χ0) is 18.6. The molecule has 11 heteroatoms. The summed E-state index contributed by atoms with van der Waals surface area (Å²) in [5.74, 6) is -1.49. The number of likely N-dealkylation sites (tertiary alicyclic amines) is 1. The Bertz CT molecular complexity index is 815. The third kappa shape index (κ3) is 3.62. The first kappa shape index (κ1) is 18.1. The van der Waals surface area contributed by atoms with E-state index in [1.54, 1.807) is 0 Å². The highest BCUT2D eigenvalue weighted by atomic mass is 32.2. The molecule has 6 nitrogen and oxygen atoms in total. The zero-order valence-corrected chi connectivity index (χ0v) is 13.6. The normalized spacial score (nSPS) is 20.3. The first-order chi connectivity index (χ1) is 11.4. The van der Waals surface area contributed by atoms with Crippen LogP contribution in [0, 0.1) is 5.82 Å². The number of hydrogen-bond donors (Lipinski definition) is 2. The van der Waals surface area contributed by atoms with Crippen LogP contribution >= 0.6 is 0 Å². The van der Waals surface area contributed by atoms with Crippen molar-refractivity contribution in [3.05, 3.63) is 35.1 Å². The van der Waals surface area contributed by atoms with Gasteiger partial charge in [-0.05, 0) is 36.6 Å². The highest BCUT2D eigenvalue weighted by Gasteiger charge is 2.55. The summed E-state index contributed by atoms with van der Waals surface area (Å²) in [4.78, 5) is 13.9. The molecule has 0 unspecified atom stereocenters. The van der Waals surface area contributed by atoms with Gasteiger partial charge in [-0.3, -0.25) is 4.79 Å². The lowest BCUT2D eigenvalue weighted by Gasteiger charge is -2.41. The van der Waals surface area contributed by atoms with Gasteiger partial charge in [-0.15, -0.1) is 0 Å². The van der Waals surface area contributed by atoms with Crippen LogP contribution in [0.4, 0.5) is 17.6 Å². The van der Waals surface area contributed by atoms with E-state index in [4.69, 9.17) is 5.14 Å². The summed E-state index contributed by atoms with van der Waals surface area (Å²) in [6.45, 7) is 0.136. The summed E-state index contributed by atoms with van der Waals surface area (Å²) in [5, 5.41) is 4.84. The van der Waals surface area contributed by atoms with E-state index >= 15 is 0 Å². The average Bonchev–Trinajstić information content (AvgIpc) is 3.20. The van der Waals surface area contributed by atoms with Crippen LogP contribution in [0.25, 0.3) is 0 Å². The van der Waals surface area contributed by atoms with E-state index in [9.17, 15) is 30.8 Å². The number of benzene rings is 1.